The highest BCUT2D eigenvalue weighted by atomic mass is 15.1. The number of nitrogens with zero attached hydrogens (tertiary/aromatic N) is 5. The number of hydrogen-bond donors (Lipinski definition) is 1. The Labute approximate surface area is 96.8 Å². The van der Waals surface area contributed by atoms with Crippen LogP contribution in [0, 0.1) is 0 Å². The molecule has 82 valence electrons. The van der Waals surface area contributed by atoms with Crippen LogP contribution in [-0.2, 0) is 0 Å². The van der Waals surface area contributed by atoms with Gasteiger partial charge in [0.25, 0.3) is 0 Å². The molecule has 0 saturated carbocycles. The van der Waals surface area contributed by atoms with Gasteiger partial charge in [-0.05, 0) is 12.1 Å². The van der Waals surface area contributed by atoms with E-state index in [0.717, 1.165) is 11.3 Å². The molecule has 0 bridgehead atoms. The van der Waals surface area contributed by atoms with Crippen molar-refractivity contribution in [2.75, 3.05) is 0 Å². The van der Waals surface area contributed by atoms with Gasteiger partial charge in [0, 0.05) is 24.8 Å². The van der Waals surface area contributed by atoms with Crippen molar-refractivity contribution in [1.82, 2.24) is 30.1 Å². The van der Waals surface area contributed by atoms with E-state index in [0.29, 0.717) is 11.6 Å². The summed E-state index contributed by atoms with van der Waals surface area (Å²) in [6.07, 6.45) is 8.40. The summed E-state index contributed by atoms with van der Waals surface area (Å²) in [6, 6.07) is 3.53. The smallest absolute Gasteiger partial charge is 0.178 e. The van der Waals surface area contributed by atoms with E-state index in [1.54, 1.807) is 43.1 Å². The molecule has 0 radical (unpaired) electrons. The summed E-state index contributed by atoms with van der Waals surface area (Å²) >= 11 is 0. The van der Waals surface area contributed by atoms with Crippen molar-refractivity contribution in [2.45, 2.75) is 0 Å². The molecule has 3 aromatic rings. The molecule has 0 spiro atoms. The fourth-order valence-corrected chi connectivity index (χ4v) is 1.49. The average Bonchev–Trinajstić information content (AvgIpc) is 2.90. The quantitative estimate of drug-likeness (QED) is 0.710. The van der Waals surface area contributed by atoms with Gasteiger partial charge in [-0.3, -0.25) is 5.10 Å². The van der Waals surface area contributed by atoms with E-state index in [9.17, 15) is 0 Å². The van der Waals surface area contributed by atoms with Crippen LogP contribution in [0.5, 0.6) is 0 Å². The summed E-state index contributed by atoms with van der Waals surface area (Å²) in [4.78, 5) is 16.7. The third-order valence-corrected chi connectivity index (χ3v) is 2.24. The fourth-order valence-electron chi connectivity index (χ4n) is 1.49. The van der Waals surface area contributed by atoms with E-state index in [4.69, 9.17) is 0 Å². The van der Waals surface area contributed by atoms with Crippen LogP contribution in [-0.4, -0.2) is 30.1 Å². The second-order valence-corrected chi connectivity index (χ2v) is 3.30. The van der Waals surface area contributed by atoms with Crippen LogP contribution in [0.4, 0.5) is 0 Å². The molecule has 3 rings (SSSR count). The van der Waals surface area contributed by atoms with Gasteiger partial charge in [0.1, 0.15) is 5.69 Å². The lowest BCUT2D eigenvalue weighted by Crippen LogP contribution is -1.92. The molecule has 0 aliphatic rings. The molecular formula is C11H8N6. The lowest BCUT2D eigenvalue weighted by atomic mass is 10.2. The van der Waals surface area contributed by atoms with Gasteiger partial charge in [0.2, 0.25) is 0 Å². The van der Waals surface area contributed by atoms with Gasteiger partial charge < -0.3 is 0 Å². The summed E-state index contributed by atoms with van der Waals surface area (Å²) in [6.45, 7) is 0. The number of rotatable bonds is 2. The van der Waals surface area contributed by atoms with Crippen molar-refractivity contribution in [2.24, 2.45) is 0 Å². The normalized spacial score (nSPS) is 10.4. The minimum atomic E-state index is 0.576. The van der Waals surface area contributed by atoms with E-state index in [-0.39, 0.29) is 0 Å². The van der Waals surface area contributed by atoms with Crippen LogP contribution in [0.1, 0.15) is 0 Å². The summed E-state index contributed by atoms with van der Waals surface area (Å²) in [5, 5.41) is 6.86. The first kappa shape index (κ1) is 9.59. The molecule has 17 heavy (non-hydrogen) atoms. The molecule has 0 amide bonds. The van der Waals surface area contributed by atoms with E-state index in [1.807, 2.05) is 0 Å². The van der Waals surface area contributed by atoms with Crippen LogP contribution in [0.25, 0.3) is 22.9 Å². The standard InChI is InChI=1S/C11H8N6/c1-3-12-10(13-4-1)8-7-16-17-9(8)11-14-5-2-6-15-11/h1-7H,(H,16,17). The Morgan fingerprint density at radius 1 is 0.765 bits per heavy atom. The summed E-state index contributed by atoms with van der Waals surface area (Å²) in [5.74, 6) is 1.18. The fraction of sp³-hybridized carbons (Fsp3) is 0. The first-order valence-electron chi connectivity index (χ1n) is 5.03. The molecule has 0 aliphatic carbocycles. The van der Waals surface area contributed by atoms with Crippen LogP contribution in [0.3, 0.4) is 0 Å². The molecule has 6 heteroatoms. The van der Waals surface area contributed by atoms with Crippen molar-refractivity contribution in [1.29, 1.82) is 0 Å². The zero-order valence-electron chi connectivity index (χ0n) is 8.78. The summed E-state index contributed by atoms with van der Waals surface area (Å²) < 4.78 is 0. The number of nitrogens with one attached hydrogen (secondary N) is 1. The Kier molecular flexibility index (Phi) is 2.31. The van der Waals surface area contributed by atoms with E-state index < -0.39 is 0 Å². The van der Waals surface area contributed by atoms with E-state index >= 15 is 0 Å². The second-order valence-electron chi connectivity index (χ2n) is 3.30. The van der Waals surface area contributed by atoms with Crippen molar-refractivity contribution in [3.8, 4) is 22.9 Å². The highest BCUT2D eigenvalue weighted by Crippen LogP contribution is 2.24. The molecule has 3 aromatic heterocycles. The minimum Gasteiger partial charge on any atom is -0.274 e. The summed E-state index contributed by atoms with van der Waals surface area (Å²) in [5.41, 5.74) is 1.51. The van der Waals surface area contributed by atoms with Crippen LogP contribution < -0.4 is 0 Å². The highest BCUT2D eigenvalue weighted by molar-refractivity contribution is 5.72. The van der Waals surface area contributed by atoms with Gasteiger partial charge in [-0.25, -0.2) is 19.9 Å². The topological polar surface area (TPSA) is 80.2 Å². The van der Waals surface area contributed by atoms with Crippen LogP contribution >= 0.6 is 0 Å². The maximum absolute atomic E-state index is 4.18. The molecular weight excluding hydrogens is 216 g/mol. The molecule has 0 fully saturated rings. The molecule has 0 atom stereocenters. The zero-order valence-corrected chi connectivity index (χ0v) is 8.78. The number of aromatic nitrogens is 6. The van der Waals surface area contributed by atoms with Gasteiger partial charge in [0.05, 0.1) is 11.8 Å². The van der Waals surface area contributed by atoms with Gasteiger partial charge in [-0.2, -0.15) is 5.10 Å². The summed E-state index contributed by atoms with van der Waals surface area (Å²) in [7, 11) is 0. The van der Waals surface area contributed by atoms with Gasteiger partial charge in [-0.15, -0.1) is 0 Å². The predicted molar refractivity (Wildman–Crippen MR) is 60.6 cm³/mol. The Hall–Kier alpha value is -2.63. The van der Waals surface area contributed by atoms with Crippen molar-refractivity contribution < 1.29 is 0 Å². The molecule has 0 unspecified atom stereocenters. The van der Waals surface area contributed by atoms with Crippen LogP contribution in [0.15, 0.2) is 43.1 Å². The average molecular weight is 224 g/mol. The zero-order chi connectivity index (χ0) is 11.5. The van der Waals surface area contributed by atoms with Crippen molar-refractivity contribution in [3.05, 3.63) is 43.1 Å². The maximum atomic E-state index is 4.18. The SMILES string of the molecule is c1cnc(-c2cn[nH]c2-c2ncccn2)nc1. The largest absolute Gasteiger partial charge is 0.274 e. The van der Waals surface area contributed by atoms with E-state index in [1.165, 1.54) is 0 Å². The number of hydrogen-bond acceptors (Lipinski definition) is 5. The first-order chi connectivity index (χ1) is 8.45. The Balaban J connectivity index is 2.13. The lowest BCUT2D eigenvalue weighted by molar-refractivity contribution is 1.06. The monoisotopic (exact) mass is 224 g/mol. The van der Waals surface area contributed by atoms with Crippen molar-refractivity contribution >= 4 is 0 Å². The number of aromatic amines is 1. The minimum absolute atomic E-state index is 0.576. The third kappa shape index (κ3) is 1.76. The molecule has 0 saturated heterocycles. The third-order valence-electron chi connectivity index (χ3n) is 2.24. The van der Waals surface area contributed by atoms with E-state index in [2.05, 4.69) is 30.1 Å². The maximum Gasteiger partial charge on any atom is 0.178 e. The highest BCUT2D eigenvalue weighted by Gasteiger charge is 2.13. The predicted octanol–water partition coefficient (Wildman–Crippen LogP) is 1.32. The van der Waals surface area contributed by atoms with Gasteiger partial charge >= 0.3 is 0 Å². The molecule has 3 heterocycles. The number of H-pyrrole nitrogens is 1. The van der Waals surface area contributed by atoms with Crippen molar-refractivity contribution in [3.63, 3.8) is 0 Å². The lowest BCUT2D eigenvalue weighted by Gasteiger charge is -1.99. The van der Waals surface area contributed by atoms with Gasteiger partial charge in [-0.1, -0.05) is 0 Å². The first-order valence-corrected chi connectivity index (χ1v) is 5.03. The molecule has 6 nitrogen and oxygen atoms in total. The van der Waals surface area contributed by atoms with Crippen LogP contribution in [0.2, 0.25) is 0 Å². The Bertz CT molecular complexity index is 550. The second kappa shape index (κ2) is 4.09. The molecule has 0 aliphatic heterocycles. The Morgan fingerprint density at radius 3 is 2.00 bits per heavy atom. The Morgan fingerprint density at radius 2 is 1.35 bits per heavy atom. The van der Waals surface area contributed by atoms with Gasteiger partial charge in [0.15, 0.2) is 11.6 Å². The molecule has 0 aromatic carbocycles. The molecule has 1 N–H and O–H groups in total.